The minimum absolute atomic E-state index is 0.00425. The van der Waals surface area contributed by atoms with Gasteiger partial charge >= 0.3 is 5.97 Å². The quantitative estimate of drug-likeness (QED) is 0.341. The Balaban J connectivity index is 2.27. The Hall–Kier alpha value is -2.88. The summed E-state index contributed by atoms with van der Waals surface area (Å²) in [4.78, 5) is 26.1. The zero-order valence-corrected chi connectivity index (χ0v) is 12.8. The molecule has 1 amide bonds. The number of aliphatic carboxylic acids is 1. The molecule has 0 aliphatic rings. The van der Waals surface area contributed by atoms with Crippen molar-refractivity contribution >= 4 is 11.9 Å². The third kappa shape index (κ3) is 8.21. The molecule has 3 N–H and O–H groups in total. The highest BCUT2D eigenvalue weighted by Crippen LogP contribution is 2.00. The van der Waals surface area contributed by atoms with Crippen molar-refractivity contribution in [3.63, 3.8) is 0 Å². The normalized spacial score (nSPS) is 10.7. The van der Waals surface area contributed by atoms with E-state index in [9.17, 15) is 9.59 Å². The number of unbranched alkanes of at least 4 members (excludes halogenated alkanes) is 2. The molecule has 0 saturated carbocycles. The minimum atomic E-state index is -0.816. The van der Waals surface area contributed by atoms with Crippen LogP contribution in [0.3, 0.4) is 0 Å². The number of amides is 1. The molecule has 7 nitrogen and oxygen atoms in total. The number of nitrogens with one attached hydrogen (secondary N) is 2. The van der Waals surface area contributed by atoms with Crippen molar-refractivity contribution in [1.29, 1.82) is 5.26 Å². The second-order valence-corrected chi connectivity index (χ2v) is 4.87. The third-order valence-corrected chi connectivity index (χ3v) is 3.02. The number of carbonyl (C=O) groups excluding carboxylic acids is 1. The van der Waals surface area contributed by atoms with Crippen LogP contribution in [0.25, 0.3) is 0 Å². The Kier molecular flexibility index (Phi) is 8.52. The van der Waals surface area contributed by atoms with Crippen LogP contribution in [0.5, 0.6) is 0 Å². The molecule has 1 aromatic heterocycles. The highest BCUT2D eigenvalue weighted by atomic mass is 16.4. The molecule has 0 bridgehead atoms. The first-order chi connectivity index (χ1) is 11.1. The van der Waals surface area contributed by atoms with E-state index in [-0.39, 0.29) is 12.0 Å². The van der Waals surface area contributed by atoms with Gasteiger partial charge in [-0.1, -0.05) is 6.42 Å². The van der Waals surface area contributed by atoms with E-state index in [1.54, 1.807) is 12.4 Å². The van der Waals surface area contributed by atoms with E-state index in [2.05, 4.69) is 15.6 Å². The number of nitrogens with zero attached hydrogens (tertiary/aromatic N) is 2. The van der Waals surface area contributed by atoms with Gasteiger partial charge in [-0.15, -0.1) is 0 Å². The van der Waals surface area contributed by atoms with Gasteiger partial charge < -0.3 is 15.7 Å². The van der Waals surface area contributed by atoms with E-state index in [0.29, 0.717) is 25.9 Å². The highest BCUT2D eigenvalue weighted by Gasteiger charge is 2.07. The molecule has 0 aromatic carbocycles. The van der Waals surface area contributed by atoms with Gasteiger partial charge in [0, 0.05) is 38.1 Å². The molecule has 7 heteroatoms. The molecule has 23 heavy (non-hydrogen) atoms. The van der Waals surface area contributed by atoms with E-state index in [1.807, 2.05) is 18.2 Å². The summed E-state index contributed by atoms with van der Waals surface area (Å²) in [6, 6.07) is 5.53. The van der Waals surface area contributed by atoms with Crippen molar-refractivity contribution in [1.82, 2.24) is 15.6 Å². The smallest absolute Gasteiger partial charge is 0.303 e. The maximum atomic E-state index is 11.8. The van der Waals surface area contributed by atoms with E-state index >= 15 is 0 Å². The molecule has 0 atom stereocenters. The number of pyridine rings is 1. The molecule has 1 aromatic rings. The van der Waals surface area contributed by atoms with Gasteiger partial charge in [0.25, 0.3) is 5.91 Å². The van der Waals surface area contributed by atoms with Crippen molar-refractivity contribution in [3.05, 3.63) is 41.9 Å². The first kappa shape index (κ1) is 18.2. The largest absolute Gasteiger partial charge is 0.481 e. The number of aromatic nitrogens is 1. The van der Waals surface area contributed by atoms with Gasteiger partial charge in [-0.3, -0.25) is 14.6 Å². The molecule has 0 saturated heterocycles. The number of hydrogen-bond donors (Lipinski definition) is 3. The van der Waals surface area contributed by atoms with Crippen LogP contribution in [0.4, 0.5) is 0 Å². The third-order valence-electron chi connectivity index (χ3n) is 3.02. The summed E-state index contributed by atoms with van der Waals surface area (Å²) in [6.07, 6.45) is 6.85. The highest BCUT2D eigenvalue weighted by molar-refractivity contribution is 5.97. The van der Waals surface area contributed by atoms with Crippen LogP contribution in [0.2, 0.25) is 0 Å². The van der Waals surface area contributed by atoms with Crippen LogP contribution in [-0.2, 0) is 16.1 Å². The van der Waals surface area contributed by atoms with Crippen molar-refractivity contribution in [2.45, 2.75) is 32.2 Å². The van der Waals surface area contributed by atoms with Crippen molar-refractivity contribution in [2.24, 2.45) is 0 Å². The lowest BCUT2D eigenvalue weighted by Crippen LogP contribution is -2.26. The molecule has 0 aliphatic carbocycles. The minimum Gasteiger partial charge on any atom is -0.481 e. The zero-order valence-electron chi connectivity index (χ0n) is 12.8. The van der Waals surface area contributed by atoms with Crippen molar-refractivity contribution in [3.8, 4) is 6.07 Å². The molecule has 1 heterocycles. The molecule has 0 aliphatic heterocycles. The van der Waals surface area contributed by atoms with Gasteiger partial charge in [-0.05, 0) is 30.5 Å². The Morgan fingerprint density at radius 3 is 2.65 bits per heavy atom. The second-order valence-electron chi connectivity index (χ2n) is 4.87. The zero-order chi connectivity index (χ0) is 16.9. The van der Waals surface area contributed by atoms with Crippen LogP contribution < -0.4 is 10.6 Å². The van der Waals surface area contributed by atoms with Crippen LogP contribution in [0.15, 0.2) is 36.3 Å². The number of carboxylic acid groups (broad SMARTS) is 1. The molecule has 0 fully saturated rings. The summed E-state index contributed by atoms with van der Waals surface area (Å²) in [5.41, 5.74) is 0.997. The Bertz CT molecular complexity index is 579. The first-order valence-corrected chi connectivity index (χ1v) is 7.36. The van der Waals surface area contributed by atoms with E-state index in [0.717, 1.165) is 12.0 Å². The van der Waals surface area contributed by atoms with Crippen LogP contribution in [0, 0.1) is 11.3 Å². The van der Waals surface area contributed by atoms with Gasteiger partial charge in [0.2, 0.25) is 0 Å². The topological polar surface area (TPSA) is 115 Å². The van der Waals surface area contributed by atoms with Crippen LogP contribution in [-0.4, -0.2) is 28.5 Å². The molecule has 122 valence electrons. The summed E-state index contributed by atoms with van der Waals surface area (Å²) in [5, 5.41) is 23.1. The fraction of sp³-hybridized carbons (Fsp3) is 0.375. The SMILES string of the molecule is N#C/C(=C/NCc1ccncc1)C(=O)NCCCCCC(=O)O. The molecule has 0 unspecified atom stereocenters. The lowest BCUT2D eigenvalue weighted by atomic mass is 10.2. The second kappa shape index (κ2) is 10.8. The van der Waals surface area contributed by atoms with Crippen LogP contribution in [0.1, 0.15) is 31.2 Å². The average Bonchev–Trinajstić information content (AvgIpc) is 2.55. The maximum Gasteiger partial charge on any atom is 0.303 e. The maximum absolute atomic E-state index is 11.8. The number of hydrogen-bond acceptors (Lipinski definition) is 5. The molecule has 0 spiro atoms. The Morgan fingerprint density at radius 2 is 2.00 bits per heavy atom. The van der Waals surface area contributed by atoms with Gasteiger partial charge in [-0.2, -0.15) is 5.26 Å². The standard InChI is InChI=1S/C16H20N4O3/c17-10-14(12-19-11-13-5-8-18-9-6-13)16(23)20-7-3-1-2-4-15(21)22/h5-6,8-9,12,19H,1-4,7,11H2,(H,20,23)(H,21,22)/b14-12-. The Morgan fingerprint density at radius 1 is 1.26 bits per heavy atom. The molecule has 0 radical (unpaired) electrons. The van der Waals surface area contributed by atoms with Crippen molar-refractivity contribution < 1.29 is 14.7 Å². The summed E-state index contributed by atoms with van der Waals surface area (Å²) in [5.74, 6) is -1.25. The number of rotatable bonds is 10. The first-order valence-electron chi connectivity index (χ1n) is 7.36. The van der Waals surface area contributed by atoms with E-state index < -0.39 is 11.9 Å². The van der Waals surface area contributed by atoms with Gasteiger partial charge in [-0.25, -0.2) is 0 Å². The van der Waals surface area contributed by atoms with Gasteiger partial charge in [0.1, 0.15) is 11.6 Å². The Labute approximate surface area is 135 Å². The van der Waals surface area contributed by atoms with Crippen molar-refractivity contribution in [2.75, 3.05) is 6.54 Å². The number of carboxylic acids is 1. The lowest BCUT2D eigenvalue weighted by molar-refractivity contribution is -0.137. The molecular formula is C16H20N4O3. The van der Waals surface area contributed by atoms with E-state index in [1.165, 1.54) is 6.20 Å². The lowest BCUT2D eigenvalue weighted by Gasteiger charge is -2.05. The van der Waals surface area contributed by atoms with Gasteiger partial charge in [0.15, 0.2) is 0 Å². The van der Waals surface area contributed by atoms with Crippen LogP contribution >= 0.6 is 0 Å². The predicted molar refractivity (Wildman–Crippen MR) is 83.9 cm³/mol. The summed E-state index contributed by atoms with van der Waals surface area (Å²) < 4.78 is 0. The molecular weight excluding hydrogens is 296 g/mol. The summed E-state index contributed by atoms with van der Waals surface area (Å²) in [6.45, 7) is 0.915. The monoisotopic (exact) mass is 316 g/mol. The fourth-order valence-electron chi connectivity index (χ4n) is 1.80. The predicted octanol–water partition coefficient (Wildman–Crippen LogP) is 1.34. The summed E-state index contributed by atoms with van der Waals surface area (Å²) >= 11 is 0. The fourth-order valence-corrected chi connectivity index (χ4v) is 1.80. The molecule has 1 rings (SSSR count). The number of nitriles is 1. The average molecular weight is 316 g/mol. The summed E-state index contributed by atoms with van der Waals surface area (Å²) in [7, 11) is 0. The van der Waals surface area contributed by atoms with E-state index in [4.69, 9.17) is 10.4 Å². The number of carbonyl (C=O) groups is 2. The van der Waals surface area contributed by atoms with Gasteiger partial charge in [0.05, 0.1) is 0 Å².